The molecule has 0 saturated heterocycles. The van der Waals surface area contributed by atoms with E-state index < -0.39 is 17.8 Å². The van der Waals surface area contributed by atoms with Gasteiger partial charge in [-0.25, -0.2) is 18.8 Å². The van der Waals surface area contributed by atoms with Gasteiger partial charge in [0.25, 0.3) is 5.91 Å². The molecular formula is C25H21Cl2FN6O3. The van der Waals surface area contributed by atoms with E-state index in [1.807, 2.05) is 13.8 Å². The highest BCUT2D eigenvalue weighted by molar-refractivity contribution is 6.34. The van der Waals surface area contributed by atoms with E-state index in [0.717, 1.165) is 11.0 Å². The number of benzene rings is 2. The van der Waals surface area contributed by atoms with Crippen LogP contribution in [-0.4, -0.2) is 26.7 Å². The largest absolute Gasteiger partial charge is 0.457 e. The summed E-state index contributed by atoms with van der Waals surface area (Å²) in [6.45, 7) is 3.84. The van der Waals surface area contributed by atoms with Crippen molar-refractivity contribution in [3.05, 3.63) is 88.0 Å². The second-order valence-electron chi connectivity index (χ2n) is 8.25. The molecule has 2 aromatic carbocycles. The number of ether oxygens (including phenoxy) is 1. The number of anilines is 2. The number of pyridine rings is 1. The minimum absolute atomic E-state index is 0.00941. The van der Waals surface area contributed by atoms with Crippen molar-refractivity contribution in [2.75, 3.05) is 4.90 Å². The normalized spacial score (nSPS) is 11.0. The lowest BCUT2D eigenvalue weighted by Crippen LogP contribution is -2.33. The summed E-state index contributed by atoms with van der Waals surface area (Å²) in [7, 11) is 0. The summed E-state index contributed by atoms with van der Waals surface area (Å²) in [5.74, 6) is -1.05. The number of halogens is 3. The number of hydrogen-bond donors (Lipinski definition) is 2. The first kappa shape index (κ1) is 25.9. The van der Waals surface area contributed by atoms with Crippen LogP contribution in [0.4, 0.5) is 20.7 Å². The van der Waals surface area contributed by atoms with E-state index in [9.17, 15) is 9.59 Å². The number of primary amides is 2. The second kappa shape index (κ2) is 10.5. The Bertz CT molecular complexity index is 1490. The SMILES string of the molecule is CC(C)c1cc(N(C(N)=O)c2ccc(Oc3ccnc(C(N)=O)c3)cc2F)n(-c2cc(Cl)cc(Cl)c2)n1. The Morgan fingerprint density at radius 2 is 1.68 bits per heavy atom. The molecule has 37 heavy (non-hydrogen) atoms. The van der Waals surface area contributed by atoms with Crippen molar-refractivity contribution in [2.45, 2.75) is 19.8 Å². The van der Waals surface area contributed by atoms with Gasteiger partial charge in [-0.2, -0.15) is 5.10 Å². The maximum absolute atomic E-state index is 15.4. The molecule has 3 amide bonds. The average Bonchev–Trinajstić information content (AvgIpc) is 3.25. The van der Waals surface area contributed by atoms with E-state index >= 15 is 4.39 Å². The number of amides is 3. The zero-order valence-corrected chi connectivity index (χ0v) is 21.2. The molecule has 0 bridgehead atoms. The van der Waals surface area contributed by atoms with Crippen molar-refractivity contribution in [1.29, 1.82) is 0 Å². The molecule has 0 aliphatic heterocycles. The Hall–Kier alpha value is -4.15. The molecule has 0 spiro atoms. The Labute approximate surface area is 221 Å². The number of carbonyl (C=O) groups excluding carboxylic acids is 2. The second-order valence-corrected chi connectivity index (χ2v) is 9.12. The number of urea groups is 1. The summed E-state index contributed by atoms with van der Waals surface area (Å²) in [6, 6.07) is 12.1. The lowest BCUT2D eigenvalue weighted by molar-refractivity contribution is 0.0995. The molecule has 4 N–H and O–H groups in total. The van der Waals surface area contributed by atoms with Crippen LogP contribution >= 0.6 is 23.2 Å². The maximum atomic E-state index is 15.4. The number of nitrogens with two attached hydrogens (primary N) is 2. The molecule has 2 heterocycles. The van der Waals surface area contributed by atoms with Crippen LogP contribution < -0.4 is 21.1 Å². The van der Waals surface area contributed by atoms with Gasteiger partial charge in [-0.3, -0.25) is 9.78 Å². The zero-order chi connectivity index (χ0) is 26.9. The standard InChI is InChI=1S/C25H21Cl2FN6O3/c1-13(2)20-12-23(34(32-20)16-8-14(26)7-15(27)9-16)33(25(30)36)22-4-3-17(10-19(22)28)37-18-5-6-31-21(11-18)24(29)35/h3-13H,1-2H3,(H2,29,35)(H2,30,36). The third-order valence-electron chi connectivity index (χ3n) is 5.22. The Morgan fingerprint density at radius 3 is 2.27 bits per heavy atom. The van der Waals surface area contributed by atoms with Crippen LogP contribution in [0.5, 0.6) is 11.5 Å². The molecule has 9 nitrogen and oxygen atoms in total. The maximum Gasteiger partial charge on any atom is 0.325 e. The van der Waals surface area contributed by atoms with E-state index in [2.05, 4.69) is 10.1 Å². The Morgan fingerprint density at radius 1 is 1.00 bits per heavy atom. The first-order valence-corrected chi connectivity index (χ1v) is 11.7. The monoisotopic (exact) mass is 542 g/mol. The minimum Gasteiger partial charge on any atom is -0.457 e. The molecule has 4 aromatic rings. The van der Waals surface area contributed by atoms with Crippen LogP contribution in [0.3, 0.4) is 0 Å². The molecule has 0 aliphatic rings. The first-order valence-electron chi connectivity index (χ1n) is 10.9. The van der Waals surface area contributed by atoms with Gasteiger partial charge in [0.15, 0.2) is 5.82 Å². The van der Waals surface area contributed by atoms with Gasteiger partial charge in [-0.15, -0.1) is 0 Å². The molecule has 12 heteroatoms. The van der Waals surface area contributed by atoms with E-state index in [-0.39, 0.29) is 34.6 Å². The summed E-state index contributed by atoms with van der Waals surface area (Å²) < 4.78 is 22.5. The highest BCUT2D eigenvalue weighted by atomic mass is 35.5. The van der Waals surface area contributed by atoms with Gasteiger partial charge in [0.2, 0.25) is 0 Å². The average molecular weight is 543 g/mol. The van der Waals surface area contributed by atoms with Crippen LogP contribution in [0.15, 0.2) is 60.8 Å². The number of hydrogen-bond acceptors (Lipinski definition) is 5. The van der Waals surface area contributed by atoms with Crippen LogP contribution in [-0.2, 0) is 0 Å². The van der Waals surface area contributed by atoms with Crippen molar-refractivity contribution in [2.24, 2.45) is 11.5 Å². The highest BCUT2D eigenvalue weighted by Gasteiger charge is 2.26. The number of carbonyl (C=O) groups is 2. The van der Waals surface area contributed by atoms with Crippen molar-refractivity contribution in [3.63, 3.8) is 0 Å². The fraction of sp³-hybridized carbons (Fsp3) is 0.120. The van der Waals surface area contributed by atoms with E-state index in [4.69, 9.17) is 39.4 Å². The third kappa shape index (κ3) is 5.65. The number of nitrogens with zero attached hydrogens (tertiary/aromatic N) is 4. The van der Waals surface area contributed by atoms with Gasteiger partial charge in [0.1, 0.15) is 23.0 Å². The van der Waals surface area contributed by atoms with Crippen LogP contribution in [0.1, 0.15) is 35.9 Å². The molecule has 0 radical (unpaired) electrons. The Balaban J connectivity index is 1.77. The molecule has 0 fully saturated rings. The molecule has 0 atom stereocenters. The summed E-state index contributed by atoms with van der Waals surface area (Å²) in [6.07, 6.45) is 1.34. The van der Waals surface area contributed by atoms with Gasteiger partial charge in [-0.1, -0.05) is 37.0 Å². The van der Waals surface area contributed by atoms with E-state index in [0.29, 0.717) is 21.4 Å². The van der Waals surface area contributed by atoms with Crippen LogP contribution in [0, 0.1) is 5.82 Å². The fourth-order valence-electron chi connectivity index (χ4n) is 3.51. The van der Waals surface area contributed by atoms with Gasteiger partial charge in [0.05, 0.1) is 17.1 Å². The molecule has 190 valence electrons. The molecule has 0 saturated carbocycles. The summed E-state index contributed by atoms with van der Waals surface area (Å²) in [5.41, 5.74) is 11.9. The topological polar surface area (TPSA) is 129 Å². The number of aromatic nitrogens is 3. The Kier molecular flexibility index (Phi) is 7.33. The molecule has 0 aliphatic carbocycles. The van der Waals surface area contributed by atoms with E-state index in [1.165, 1.54) is 35.1 Å². The minimum atomic E-state index is -0.947. The zero-order valence-electron chi connectivity index (χ0n) is 19.7. The fourth-order valence-corrected chi connectivity index (χ4v) is 4.03. The van der Waals surface area contributed by atoms with Gasteiger partial charge in [-0.05, 0) is 42.3 Å². The van der Waals surface area contributed by atoms with Gasteiger partial charge >= 0.3 is 6.03 Å². The van der Waals surface area contributed by atoms with Crippen LogP contribution in [0.2, 0.25) is 10.0 Å². The smallest absolute Gasteiger partial charge is 0.325 e. The predicted octanol–water partition coefficient (Wildman–Crippen LogP) is 5.94. The van der Waals surface area contributed by atoms with E-state index in [1.54, 1.807) is 24.3 Å². The molecular weight excluding hydrogens is 522 g/mol. The van der Waals surface area contributed by atoms with Crippen molar-refractivity contribution in [1.82, 2.24) is 14.8 Å². The van der Waals surface area contributed by atoms with Crippen LogP contribution in [0.25, 0.3) is 5.69 Å². The summed E-state index contributed by atoms with van der Waals surface area (Å²) in [5, 5.41) is 5.28. The molecule has 4 rings (SSSR count). The van der Waals surface area contributed by atoms with Crippen molar-refractivity contribution >= 4 is 46.6 Å². The van der Waals surface area contributed by atoms with Gasteiger partial charge < -0.3 is 16.2 Å². The molecule has 0 unspecified atom stereocenters. The van der Waals surface area contributed by atoms with Crippen molar-refractivity contribution < 1.29 is 18.7 Å². The lowest BCUT2D eigenvalue weighted by Gasteiger charge is -2.22. The highest BCUT2D eigenvalue weighted by Crippen LogP contribution is 2.35. The number of rotatable bonds is 7. The lowest BCUT2D eigenvalue weighted by atomic mass is 10.1. The quantitative estimate of drug-likeness (QED) is 0.298. The van der Waals surface area contributed by atoms with Crippen molar-refractivity contribution in [3.8, 4) is 17.2 Å². The summed E-state index contributed by atoms with van der Waals surface area (Å²) in [4.78, 5) is 28.8. The summed E-state index contributed by atoms with van der Waals surface area (Å²) >= 11 is 12.4. The predicted molar refractivity (Wildman–Crippen MR) is 139 cm³/mol. The molecule has 2 aromatic heterocycles. The third-order valence-corrected chi connectivity index (χ3v) is 5.66. The first-order chi connectivity index (χ1) is 17.5. The van der Waals surface area contributed by atoms with Gasteiger partial charge in [0, 0.05) is 34.4 Å².